The van der Waals surface area contributed by atoms with Crippen LogP contribution in [0.1, 0.15) is 37.7 Å². The maximum absolute atomic E-state index is 13.4. The predicted octanol–water partition coefficient (Wildman–Crippen LogP) is 5.55. The van der Waals surface area contributed by atoms with Gasteiger partial charge in [-0.3, -0.25) is 9.59 Å². The van der Waals surface area contributed by atoms with Crippen molar-refractivity contribution in [1.29, 1.82) is 0 Å². The predicted molar refractivity (Wildman–Crippen MR) is 129 cm³/mol. The molecule has 0 aliphatic heterocycles. The van der Waals surface area contributed by atoms with Gasteiger partial charge < -0.3 is 4.90 Å². The number of hydrogen-bond donors (Lipinski definition) is 0. The van der Waals surface area contributed by atoms with Gasteiger partial charge in [-0.25, -0.2) is 4.68 Å². The molecule has 1 heterocycles. The summed E-state index contributed by atoms with van der Waals surface area (Å²) in [7, 11) is 1.86. The van der Waals surface area contributed by atoms with Crippen LogP contribution in [0, 0.1) is 17.8 Å². The molecule has 170 valence electrons. The molecule has 2 aliphatic carbocycles. The largest absolute Gasteiger partial charge is 0.341 e. The Morgan fingerprint density at radius 3 is 2.39 bits per heavy atom. The zero-order chi connectivity index (χ0) is 22.9. The monoisotopic (exact) mass is 461 g/mol. The van der Waals surface area contributed by atoms with Crippen LogP contribution in [0.15, 0.2) is 60.8 Å². The summed E-state index contributed by atoms with van der Waals surface area (Å²) >= 11 is 6.10. The number of rotatable bonds is 5. The van der Waals surface area contributed by atoms with Crippen molar-refractivity contribution in [1.82, 2.24) is 14.7 Å². The number of carbonyl (C=O) groups excluding carboxylic acids is 2. The summed E-state index contributed by atoms with van der Waals surface area (Å²) in [6.07, 6.45) is 6.39. The Labute approximate surface area is 199 Å². The van der Waals surface area contributed by atoms with Crippen LogP contribution in [0.5, 0.6) is 0 Å². The Kier molecular flexibility index (Phi) is 6.07. The van der Waals surface area contributed by atoms with E-state index in [2.05, 4.69) is 0 Å². The molecule has 5 nitrogen and oxygen atoms in total. The Bertz CT molecular complexity index is 1140. The van der Waals surface area contributed by atoms with Crippen molar-refractivity contribution in [3.05, 3.63) is 71.4 Å². The maximum atomic E-state index is 13.4. The normalized spacial score (nSPS) is 22.2. The molecule has 2 atom stereocenters. The second-order valence-corrected chi connectivity index (χ2v) is 9.82. The topological polar surface area (TPSA) is 55.2 Å². The van der Waals surface area contributed by atoms with Crippen LogP contribution in [0.4, 0.5) is 0 Å². The maximum Gasteiger partial charge on any atom is 0.225 e. The van der Waals surface area contributed by atoms with Crippen molar-refractivity contribution in [3.63, 3.8) is 0 Å². The first kappa shape index (κ1) is 21.9. The van der Waals surface area contributed by atoms with Crippen LogP contribution in [-0.4, -0.2) is 33.4 Å². The second kappa shape index (κ2) is 9.14. The Hall–Kier alpha value is -2.92. The number of hydrogen-bond acceptors (Lipinski definition) is 3. The van der Waals surface area contributed by atoms with Gasteiger partial charge in [-0.2, -0.15) is 5.10 Å². The molecule has 2 bridgehead atoms. The third-order valence-electron chi connectivity index (χ3n) is 7.11. The van der Waals surface area contributed by atoms with Gasteiger partial charge in [0.2, 0.25) is 5.91 Å². The molecule has 33 heavy (non-hydrogen) atoms. The standard InChI is InChI=1S/C27H28ClN3O2/c1-30(27(33)21-14-19-6-5-7-20(15-21)26(19)32)16-22-17-31(24-8-3-2-4-9-24)29-25(22)18-10-12-23(28)13-11-18/h2-4,8-13,17,19-21H,5-7,14-16H2,1H3. The van der Waals surface area contributed by atoms with E-state index in [0.717, 1.165) is 41.8 Å². The van der Waals surface area contributed by atoms with Crippen molar-refractivity contribution in [2.24, 2.45) is 17.8 Å². The van der Waals surface area contributed by atoms with Gasteiger partial charge in [0.05, 0.1) is 11.4 Å². The summed E-state index contributed by atoms with van der Waals surface area (Å²) in [6, 6.07) is 17.6. The van der Waals surface area contributed by atoms with Crippen LogP contribution in [0.2, 0.25) is 5.02 Å². The SMILES string of the molecule is CN(Cc1cn(-c2ccccc2)nc1-c1ccc(Cl)cc1)C(=O)C1CC2CCCC(C1)C2=O. The number of amides is 1. The van der Waals surface area contributed by atoms with Crippen molar-refractivity contribution < 1.29 is 9.59 Å². The van der Waals surface area contributed by atoms with Gasteiger partial charge in [0.1, 0.15) is 5.78 Å². The molecular weight excluding hydrogens is 434 g/mol. The van der Waals surface area contributed by atoms with Crippen LogP contribution >= 0.6 is 11.6 Å². The minimum absolute atomic E-state index is 0.0637. The van der Waals surface area contributed by atoms with E-state index >= 15 is 0 Å². The van der Waals surface area contributed by atoms with Crippen LogP contribution in [-0.2, 0) is 16.1 Å². The molecule has 5 rings (SSSR count). The van der Waals surface area contributed by atoms with E-state index in [1.54, 1.807) is 0 Å². The van der Waals surface area contributed by atoms with Gasteiger partial charge in [0, 0.05) is 53.7 Å². The van der Waals surface area contributed by atoms with Gasteiger partial charge >= 0.3 is 0 Å². The lowest BCUT2D eigenvalue weighted by molar-refractivity contribution is -0.142. The lowest BCUT2D eigenvalue weighted by atomic mass is 9.67. The van der Waals surface area contributed by atoms with Gasteiger partial charge in [-0.05, 0) is 49.9 Å². The molecule has 2 unspecified atom stereocenters. The summed E-state index contributed by atoms with van der Waals surface area (Å²) < 4.78 is 1.86. The van der Waals surface area contributed by atoms with E-state index in [0.29, 0.717) is 30.2 Å². The molecule has 1 amide bonds. The molecule has 2 aliphatic rings. The average Bonchev–Trinajstić information content (AvgIpc) is 3.23. The lowest BCUT2D eigenvalue weighted by Crippen LogP contribution is -2.43. The number of para-hydroxylation sites is 1. The van der Waals surface area contributed by atoms with Gasteiger partial charge in [0.15, 0.2) is 0 Å². The fourth-order valence-corrected chi connectivity index (χ4v) is 5.54. The smallest absolute Gasteiger partial charge is 0.225 e. The molecule has 1 aromatic heterocycles. The summed E-state index contributed by atoms with van der Waals surface area (Å²) in [5.41, 5.74) is 3.74. The third kappa shape index (κ3) is 4.47. The molecule has 2 aromatic carbocycles. The molecule has 2 fully saturated rings. The first-order valence-electron chi connectivity index (χ1n) is 11.7. The number of nitrogens with zero attached hydrogens (tertiary/aromatic N) is 3. The molecule has 3 aromatic rings. The van der Waals surface area contributed by atoms with Gasteiger partial charge in [-0.1, -0.05) is 48.4 Å². The van der Waals surface area contributed by atoms with Crippen LogP contribution < -0.4 is 0 Å². The van der Waals surface area contributed by atoms with Crippen molar-refractivity contribution in [2.75, 3.05) is 7.05 Å². The third-order valence-corrected chi connectivity index (χ3v) is 7.36. The Balaban J connectivity index is 1.41. The van der Waals surface area contributed by atoms with Crippen molar-refractivity contribution in [2.45, 2.75) is 38.6 Å². The first-order chi connectivity index (χ1) is 16.0. The molecule has 0 spiro atoms. The number of carbonyl (C=O) groups is 2. The number of ketones is 1. The fourth-order valence-electron chi connectivity index (χ4n) is 5.42. The van der Waals surface area contributed by atoms with E-state index < -0.39 is 0 Å². The number of halogens is 1. The molecular formula is C27H28ClN3O2. The van der Waals surface area contributed by atoms with Crippen molar-refractivity contribution >= 4 is 23.3 Å². The highest BCUT2D eigenvalue weighted by molar-refractivity contribution is 6.30. The first-order valence-corrected chi connectivity index (χ1v) is 12.1. The Morgan fingerprint density at radius 1 is 1.06 bits per heavy atom. The second-order valence-electron chi connectivity index (χ2n) is 9.38. The number of fused-ring (bicyclic) bond motifs is 2. The highest BCUT2D eigenvalue weighted by atomic mass is 35.5. The minimum Gasteiger partial charge on any atom is -0.341 e. The summed E-state index contributed by atoms with van der Waals surface area (Å²) in [5, 5.41) is 5.53. The van der Waals surface area contributed by atoms with Crippen LogP contribution in [0.25, 0.3) is 16.9 Å². The zero-order valence-electron chi connectivity index (χ0n) is 18.8. The number of Topliss-reactive ketones (excluding diaryl/α,β-unsaturated/α-hetero) is 1. The molecule has 0 saturated heterocycles. The summed E-state index contributed by atoms with van der Waals surface area (Å²) in [6.45, 7) is 0.462. The molecule has 6 heteroatoms. The minimum atomic E-state index is -0.0637. The lowest BCUT2D eigenvalue weighted by Gasteiger charge is -2.38. The summed E-state index contributed by atoms with van der Waals surface area (Å²) in [5.74, 6) is 0.609. The molecule has 0 radical (unpaired) electrons. The Morgan fingerprint density at radius 2 is 1.73 bits per heavy atom. The van der Waals surface area contributed by atoms with E-state index in [9.17, 15) is 9.59 Å². The highest BCUT2D eigenvalue weighted by Gasteiger charge is 2.42. The van der Waals surface area contributed by atoms with Crippen molar-refractivity contribution in [3.8, 4) is 16.9 Å². The van der Waals surface area contributed by atoms with E-state index in [1.165, 1.54) is 0 Å². The number of benzene rings is 2. The molecule has 2 saturated carbocycles. The zero-order valence-corrected chi connectivity index (χ0v) is 19.5. The fraction of sp³-hybridized carbons (Fsp3) is 0.370. The highest BCUT2D eigenvalue weighted by Crippen LogP contribution is 2.40. The average molecular weight is 462 g/mol. The number of aromatic nitrogens is 2. The van der Waals surface area contributed by atoms with E-state index in [4.69, 9.17) is 16.7 Å². The van der Waals surface area contributed by atoms with Gasteiger partial charge in [-0.15, -0.1) is 0 Å². The molecule has 0 N–H and O–H groups in total. The van der Waals surface area contributed by atoms with Crippen LogP contribution in [0.3, 0.4) is 0 Å². The van der Waals surface area contributed by atoms with Gasteiger partial charge in [0.25, 0.3) is 0 Å². The van der Waals surface area contributed by atoms with E-state index in [-0.39, 0.29) is 23.7 Å². The quantitative estimate of drug-likeness (QED) is 0.500. The van der Waals surface area contributed by atoms with E-state index in [1.807, 2.05) is 77.4 Å². The summed E-state index contributed by atoms with van der Waals surface area (Å²) in [4.78, 5) is 27.6.